The first-order valence-corrected chi connectivity index (χ1v) is 8.15. The van der Waals surface area contributed by atoms with Gasteiger partial charge in [0.15, 0.2) is 0 Å². The Hall–Kier alpha value is -1.84. The number of nitrogens with zero attached hydrogens (tertiary/aromatic N) is 1. The number of fused-ring (bicyclic) bond motifs is 1. The van der Waals surface area contributed by atoms with Crippen molar-refractivity contribution in [3.05, 3.63) is 29.8 Å². The molecular formula is C18H21NO3. The minimum Gasteiger partial charge on any atom is -0.469 e. The number of hydrogen-bond donors (Lipinski definition) is 0. The van der Waals surface area contributed by atoms with Crippen molar-refractivity contribution in [2.45, 2.75) is 32.2 Å². The molecule has 0 aromatic heterocycles. The minimum absolute atomic E-state index is 0.120. The van der Waals surface area contributed by atoms with Crippen LogP contribution in [0.25, 0.3) is 0 Å². The van der Waals surface area contributed by atoms with Gasteiger partial charge < -0.3 is 9.64 Å². The molecule has 4 heteroatoms. The number of amides is 1. The first-order valence-electron chi connectivity index (χ1n) is 8.15. The highest BCUT2D eigenvalue weighted by molar-refractivity contribution is 6.02. The second kappa shape index (κ2) is 4.83. The Kier molecular flexibility index (Phi) is 3.03. The number of aryl methyl sites for hydroxylation is 1. The molecule has 2 saturated carbocycles. The normalized spacial score (nSPS) is 35.3. The van der Waals surface area contributed by atoms with E-state index >= 15 is 0 Å². The highest BCUT2D eigenvalue weighted by atomic mass is 16.5. The smallest absolute Gasteiger partial charge is 0.309 e. The third-order valence-electron chi connectivity index (χ3n) is 5.92. The molecule has 1 aliphatic heterocycles. The van der Waals surface area contributed by atoms with Crippen LogP contribution >= 0.6 is 0 Å². The van der Waals surface area contributed by atoms with Gasteiger partial charge in [-0.1, -0.05) is 19.1 Å². The molecule has 2 aliphatic carbocycles. The Morgan fingerprint density at radius 1 is 1.27 bits per heavy atom. The lowest BCUT2D eigenvalue weighted by atomic mass is 9.80. The molecule has 1 saturated heterocycles. The first-order chi connectivity index (χ1) is 10.7. The highest BCUT2D eigenvalue weighted by Gasteiger charge is 2.65. The highest BCUT2D eigenvalue weighted by Crippen LogP contribution is 2.59. The van der Waals surface area contributed by atoms with Gasteiger partial charge in [-0.3, -0.25) is 9.59 Å². The molecule has 4 nitrogen and oxygen atoms in total. The van der Waals surface area contributed by atoms with Crippen LogP contribution in [0.15, 0.2) is 24.3 Å². The lowest BCUT2D eigenvalue weighted by molar-refractivity contribution is -0.150. The average molecular weight is 299 g/mol. The van der Waals surface area contributed by atoms with E-state index in [0.717, 1.165) is 24.9 Å². The van der Waals surface area contributed by atoms with Crippen LogP contribution in [0.1, 0.15) is 25.3 Å². The first kappa shape index (κ1) is 13.8. The van der Waals surface area contributed by atoms with E-state index in [1.807, 2.05) is 17.0 Å². The molecule has 116 valence electrons. The third-order valence-corrected chi connectivity index (χ3v) is 5.92. The second-order valence-electron chi connectivity index (χ2n) is 6.77. The number of methoxy groups -OCH3 is 1. The summed E-state index contributed by atoms with van der Waals surface area (Å²) in [6.07, 6.45) is 2.92. The van der Waals surface area contributed by atoms with Crippen molar-refractivity contribution >= 4 is 17.6 Å². The van der Waals surface area contributed by atoms with Crippen LogP contribution in [0.5, 0.6) is 0 Å². The molecule has 2 bridgehead atoms. The van der Waals surface area contributed by atoms with E-state index in [0.29, 0.717) is 11.8 Å². The van der Waals surface area contributed by atoms with Crippen LogP contribution in [0, 0.1) is 23.7 Å². The van der Waals surface area contributed by atoms with E-state index in [9.17, 15) is 9.59 Å². The van der Waals surface area contributed by atoms with Gasteiger partial charge in [-0.2, -0.15) is 0 Å². The van der Waals surface area contributed by atoms with E-state index in [4.69, 9.17) is 4.74 Å². The summed E-state index contributed by atoms with van der Waals surface area (Å²) in [4.78, 5) is 27.0. The van der Waals surface area contributed by atoms with Crippen LogP contribution in [0.4, 0.5) is 5.69 Å². The SMILES string of the molecule is CCc1ccc(N2C(=O)[C@@H]3[C@H]4C[C@H](C[C@H]42)[C@@H]3C(=O)OC)cc1. The van der Waals surface area contributed by atoms with Crippen molar-refractivity contribution in [1.82, 2.24) is 0 Å². The molecule has 1 amide bonds. The van der Waals surface area contributed by atoms with Crippen LogP contribution < -0.4 is 4.90 Å². The van der Waals surface area contributed by atoms with Crippen molar-refractivity contribution in [3.63, 3.8) is 0 Å². The molecule has 1 aromatic rings. The Labute approximate surface area is 130 Å². The number of rotatable bonds is 3. The van der Waals surface area contributed by atoms with Gasteiger partial charge in [0.25, 0.3) is 0 Å². The van der Waals surface area contributed by atoms with E-state index in [1.54, 1.807) is 0 Å². The van der Waals surface area contributed by atoms with Gasteiger partial charge in [-0.05, 0) is 48.8 Å². The summed E-state index contributed by atoms with van der Waals surface area (Å²) in [5, 5.41) is 0. The number of hydrogen-bond acceptors (Lipinski definition) is 3. The van der Waals surface area contributed by atoms with Gasteiger partial charge in [-0.15, -0.1) is 0 Å². The number of anilines is 1. The summed E-state index contributed by atoms with van der Waals surface area (Å²) >= 11 is 0. The molecule has 0 N–H and O–H groups in total. The zero-order valence-corrected chi connectivity index (χ0v) is 13.0. The van der Waals surface area contributed by atoms with Crippen LogP contribution in [0.2, 0.25) is 0 Å². The van der Waals surface area contributed by atoms with Crippen LogP contribution in [-0.4, -0.2) is 25.0 Å². The minimum atomic E-state index is -0.223. The fourth-order valence-corrected chi connectivity index (χ4v) is 4.97. The van der Waals surface area contributed by atoms with E-state index in [2.05, 4.69) is 19.1 Å². The second-order valence-corrected chi connectivity index (χ2v) is 6.77. The van der Waals surface area contributed by atoms with Crippen molar-refractivity contribution in [3.8, 4) is 0 Å². The largest absolute Gasteiger partial charge is 0.469 e. The topological polar surface area (TPSA) is 46.6 Å². The Balaban J connectivity index is 1.67. The number of esters is 1. The number of ether oxygens (including phenoxy) is 1. The Morgan fingerprint density at radius 2 is 2.00 bits per heavy atom. The summed E-state index contributed by atoms with van der Waals surface area (Å²) < 4.78 is 4.95. The van der Waals surface area contributed by atoms with Gasteiger partial charge in [0.2, 0.25) is 5.91 Å². The van der Waals surface area contributed by atoms with E-state index in [1.165, 1.54) is 12.7 Å². The van der Waals surface area contributed by atoms with E-state index < -0.39 is 0 Å². The number of benzene rings is 1. The maximum atomic E-state index is 12.9. The van der Waals surface area contributed by atoms with Crippen molar-refractivity contribution in [1.29, 1.82) is 0 Å². The van der Waals surface area contributed by atoms with Crippen LogP contribution in [-0.2, 0) is 20.7 Å². The standard InChI is InChI=1S/C18H21NO3/c1-3-10-4-6-12(7-5-10)19-14-9-11-8-13(14)16(17(19)20)15(11)18(21)22-2/h4-7,11,13-16H,3,8-9H2,1-2H3/t11-,13+,14-,15+,16-/m1/s1. The number of carbonyl (C=O) groups excluding carboxylic acids is 2. The average Bonchev–Trinajstić information content (AvgIpc) is 3.16. The zero-order chi connectivity index (χ0) is 15.4. The van der Waals surface area contributed by atoms with Gasteiger partial charge >= 0.3 is 5.97 Å². The summed E-state index contributed by atoms with van der Waals surface area (Å²) in [7, 11) is 1.42. The fourth-order valence-electron chi connectivity index (χ4n) is 4.97. The molecule has 0 radical (unpaired) electrons. The maximum absolute atomic E-state index is 12.9. The van der Waals surface area contributed by atoms with Crippen molar-refractivity contribution < 1.29 is 14.3 Å². The maximum Gasteiger partial charge on any atom is 0.309 e. The molecule has 5 atom stereocenters. The Morgan fingerprint density at radius 3 is 2.64 bits per heavy atom. The molecule has 3 aliphatic rings. The summed E-state index contributed by atoms with van der Waals surface area (Å²) in [5.74, 6) is 0.173. The summed E-state index contributed by atoms with van der Waals surface area (Å²) in [5.41, 5.74) is 2.25. The molecule has 4 rings (SSSR count). The molecule has 1 heterocycles. The predicted octanol–water partition coefficient (Wildman–Crippen LogP) is 2.41. The lowest BCUT2D eigenvalue weighted by Gasteiger charge is -2.26. The van der Waals surface area contributed by atoms with Crippen LogP contribution in [0.3, 0.4) is 0 Å². The third kappa shape index (κ3) is 1.70. The molecule has 0 spiro atoms. The molecule has 22 heavy (non-hydrogen) atoms. The van der Waals surface area contributed by atoms with Gasteiger partial charge in [-0.25, -0.2) is 0 Å². The fraction of sp³-hybridized carbons (Fsp3) is 0.556. The van der Waals surface area contributed by atoms with Crippen molar-refractivity contribution in [2.75, 3.05) is 12.0 Å². The van der Waals surface area contributed by atoms with Gasteiger partial charge in [0, 0.05) is 11.7 Å². The molecule has 1 aromatic carbocycles. The van der Waals surface area contributed by atoms with Gasteiger partial charge in [0.05, 0.1) is 18.9 Å². The zero-order valence-electron chi connectivity index (χ0n) is 13.0. The number of carbonyl (C=O) groups is 2. The van der Waals surface area contributed by atoms with Crippen molar-refractivity contribution in [2.24, 2.45) is 23.7 Å². The molecule has 0 unspecified atom stereocenters. The quantitative estimate of drug-likeness (QED) is 0.805. The Bertz CT molecular complexity index is 624. The predicted molar refractivity (Wildman–Crippen MR) is 82.3 cm³/mol. The summed E-state index contributed by atoms with van der Waals surface area (Å²) in [6.45, 7) is 2.12. The van der Waals surface area contributed by atoms with Gasteiger partial charge in [0.1, 0.15) is 0 Å². The molecular weight excluding hydrogens is 278 g/mol. The molecule has 3 fully saturated rings. The lowest BCUT2D eigenvalue weighted by Crippen LogP contribution is -2.33. The monoisotopic (exact) mass is 299 g/mol. The van der Waals surface area contributed by atoms with E-state index in [-0.39, 0.29) is 29.8 Å². The summed E-state index contributed by atoms with van der Waals surface area (Å²) in [6, 6.07) is 8.54.